The van der Waals surface area contributed by atoms with Gasteiger partial charge in [0.1, 0.15) is 17.3 Å². The van der Waals surface area contributed by atoms with Crippen LogP contribution in [0.25, 0.3) is 11.1 Å². The van der Waals surface area contributed by atoms with Gasteiger partial charge in [0.05, 0.1) is 5.56 Å². The topological polar surface area (TPSA) is 85.2 Å². The first-order valence-electron chi connectivity index (χ1n) is 7.61. The summed E-state index contributed by atoms with van der Waals surface area (Å²) in [4.78, 5) is 26.1. The molecule has 0 fully saturated rings. The molecule has 0 bridgehead atoms. The molecule has 26 heavy (non-hydrogen) atoms. The summed E-state index contributed by atoms with van der Waals surface area (Å²) in [7, 11) is 0. The Hall–Kier alpha value is -3.12. The lowest BCUT2D eigenvalue weighted by Crippen LogP contribution is -2.13. The van der Waals surface area contributed by atoms with Gasteiger partial charge in [0, 0.05) is 22.8 Å². The summed E-state index contributed by atoms with van der Waals surface area (Å²) < 4.78 is 19.2. The smallest absolute Gasteiger partial charge is 0.252 e. The molecule has 0 radical (unpaired) electrons. The maximum Gasteiger partial charge on any atom is 0.252 e. The van der Waals surface area contributed by atoms with Crippen molar-refractivity contribution in [2.45, 2.75) is 6.92 Å². The Bertz CT molecular complexity index is 1060. The lowest BCUT2D eigenvalue weighted by molar-refractivity contribution is 0.0998. The van der Waals surface area contributed by atoms with Crippen LogP contribution in [0.5, 0.6) is 11.5 Å². The van der Waals surface area contributed by atoms with Crippen LogP contribution >= 0.6 is 11.6 Å². The summed E-state index contributed by atoms with van der Waals surface area (Å²) in [5.74, 6) is -0.659. The Labute approximate surface area is 153 Å². The van der Waals surface area contributed by atoms with Gasteiger partial charge in [-0.05, 0) is 54.4 Å². The SMILES string of the molecule is Cc1cc(F)ccc1Oc1c(C(N)=O)cc(Cl)cc1-c1cc[nH]c(=O)c1. The van der Waals surface area contributed by atoms with Gasteiger partial charge in [0.15, 0.2) is 0 Å². The zero-order valence-corrected chi connectivity index (χ0v) is 14.4. The summed E-state index contributed by atoms with van der Waals surface area (Å²) in [5.41, 5.74) is 6.64. The number of nitrogens with one attached hydrogen (secondary N) is 1. The van der Waals surface area contributed by atoms with Crippen molar-refractivity contribution >= 4 is 17.5 Å². The summed E-state index contributed by atoms with van der Waals surface area (Å²) in [6, 6.07) is 9.94. The molecule has 5 nitrogen and oxygen atoms in total. The Balaban J connectivity index is 2.24. The van der Waals surface area contributed by atoms with Crippen molar-refractivity contribution < 1.29 is 13.9 Å². The third kappa shape index (κ3) is 3.60. The van der Waals surface area contributed by atoms with E-state index in [-0.39, 0.29) is 21.9 Å². The molecule has 2 aromatic carbocycles. The Kier molecular flexibility index (Phi) is 4.77. The summed E-state index contributed by atoms with van der Waals surface area (Å²) in [5, 5.41) is 0.261. The van der Waals surface area contributed by atoms with Gasteiger partial charge in [-0.1, -0.05) is 11.6 Å². The molecule has 1 amide bonds. The second kappa shape index (κ2) is 7.01. The van der Waals surface area contributed by atoms with Crippen LogP contribution in [0.3, 0.4) is 0 Å². The predicted octanol–water partition coefficient (Wildman–Crippen LogP) is 4.03. The second-order valence-electron chi connectivity index (χ2n) is 5.65. The Morgan fingerprint density at radius 1 is 1.19 bits per heavy atom. The number of ether oxygens (including phenoxy) is 1. The van der Waals surface area contributed by atoms with Crippen molar-refractivity contribution in [3.63, 3.8) is 0 Å². The standard InChI is InChI=1S/C19H14ClFN2O3/c1-10-6-13(21)2-3-16(10)26-18-14(11-4-5-23-17(24)7-11)8-12(20)9-15(18)19(22)25/h2-9H,1H3,(H2,22,25)(H,23,24). The number of nitrogens with two attached hydrogens (primary N) is 1. The molecule has 0 saturated heterocycles. The molecule has 1 heterocycles. The molecule has 132 valence electrons. The number of rotatable bonds is 4. The highest BCUT2D eigenvalue weighted by molar-refractivity contribution is 6.31. The number of carbonyl (C=O) groups excluding carboxylic acids is 1. The molecule has 3 rings (SSSR count). The number of aromatic nitrogens is 1. The third-order valence-corrected chi connectivity index (χ3v) is 3.97. The van der Waals surface area contributed by atoms with Crippen LogP contribution < -0.4 is 16.0 Å². The second-order valence-corrected chi connectivity index (χ2v) is 6.08. The van der Waals surface area contributed by atoms with Gasteiger partial charge >= 0.3 is 0 Å². The molecule has 0 atom stereocenters. The van der Waals surface area contributed by atoms with Crippen molar-refractivity contribution in [1.82, 2.24) is 4.98 Å². The predicted molar refractivity (Wildman–Crippen MR) is 97.2 cm³/mol. The summed E-state index contributed by atoms with van der Waals surface area (Å²) in [6.45, 7) is 1.67. The molecular weight excluding hydrogens is 359 g/mol. The van der Waals surface area contributed by atoms with Crippen LogP contribution in [0, 0.1) is 12.7 Å². The van der Waals surface area contributed by atoms with Gasteiger partial charge in [-0.2, -0.15) is 0 Å². The number of aromatic amines is 1. The molecular formula is C19H14ClFN2O3. The van der Waals surface area contributed by atoms with E-state index in [1.165, 1.54) is 36.5 Å². The van der Waals surface area contributed by atoms with Crippen molar-refractivity contribution in [2.75, 3.05) is 0 Å². The highest BCUT2D eigenvalue weighted by atomic mass is 35.5. The van der Waals surface area contributed by atoms with Crippen LogP contribution in [0.2, 0.25) is 5.02 Å². The van der Waals surface area contributed by atoms with Crippen LogP contribution in [0.4, 0.5) is 4.39 Å². The molecule has 0 saturated carbocycles. The number of H-pyrrole nitrogens is 1. The van der Waals surface area contributed by atoms with E-state index in [2.05, 4.69) is 4.98 Å². The number of amides is 1. The number of primary amides is 1. The van der Waals surface area contributed by atoms with Gasteiger partial charge in [-0.25, -0.2) is 4.39 Å². The first kappa shape index (κ1) is 17.7. The van der Waals surface area contributed by atoms with Crippen molar-refractivity contribution in [3.8, 4) is 22.6 Å². The van der Waals surface area contributed by atoms with Crippen molar-refractivity contribution in [3.05, 3.63) is 81.0 Å². The number of aryl methyl sites for hydroxylation is 1. The average molecular weight is 373 g/mol. The molecule has 0 spiro atoms. The Morgan fingerprint density at radius 2 is 1.96 bits per heavy atom. The number of halogens is 2. The fourth-order valence-electron chi connectivity index (χ4n) is 2.55. The minimum Gasteiger partial charge on any atom is -0.456 e. The molecule has 3 N–H and O–H groups in total. The summed E-state index contributed by atoms with van der Waals surface area (Å²) >= 11 is 6.11. The van der Waals surface area contributed by atoms with Gasteiger partial charge in [0.2, 0.25) is 5.56 Å². The lowest BCUT2D eigenvalue weighted by atomic mass is 10.0. The highest BCUT2D eigenvalue weighted by Crippen LogP contribution is 2.39. The Morgan fingerprint density at radius 3 is 2.62 bits per heavy atom. The van der Waals surface area contributed by atoms with Crippen LogP contribution in [-0.4, -0.2) is 10.9 Å². The quantitative estimate of drug-likeness (QED) is 0.724. The van der Waals surface area contributed by atoms with Crippen LogP contribution in [-0.2, 0) is 0 Å². The van der Waals surface area contributed by atoms with Crippen LogP contribution in [0.1, 0.15) is 15.9 Å². The average Bonchev–Trinajstić information content (AvgIpc) is 2.58. The van der Waals surface area contributed by atoms with Crippen molar-refractivity contribution in [1.29, 1.82) is 0 Å². The van der Waals surface area contributed by atoms with E-state index in [1.807, 2.05) is 0 Å². The lowest BCUT2D eigenvalue weighted by Gasteiger charge is -2.16. The minimum atomic E-state index is -0.742. The largest absolute Gasteiger partial charge is 0.456 e. The number of carbonyl (C=O) groups is 1. The number of benzene rings is 2. The molecule has 0 unspecified atom stereocenters. The molecule has 1 aromatic heterocycles. The van der Waals surface area contributed by atoms with Crippen LogP contribution in [0.15, 0.2) is 53.5 Å². The normalized spacial score (nSPS) is 10.6. The van der Waals surface area contributed by atoms with E-state index in [1.54, 1.807) is 19.1 Å². The molecule has 0 aliphatic carbocycles. The van der Waals surface area contributed by atoms with E-state index in [0.717, 1.165) is 0 Å². The van der Waals surface area contributed by atoms with Crippen molar-refractivity contribution in [2.24, 2.45) is 5.73 Å². The first-order valence-corrected chi connectivity index (χ1v) is 7.99. The van der Waals surface area contributed by atoms with Gasteiger partial charge in [-0.3, -0.25) is 9.59 Å². The fourth-order valence-corrected chi connectivity index (χ4v) is 2.77. The van der Waals surface area contributed by atoms with E-state index in [0.29, 0.717) is 22.4 Å². The van der Waals surface area contributed by atoms with E-state index in [4.69, 9.17) is 22.1 Å². The highest BCUT2D eigenvalue weighted by Gasteiger charge is 2.19. The fraction of sp³-hybridized carbons (Fsp3) is 0.0526. The minimum absolute atomic E-state index is 0.0523. The molecule has 0 aliphatic heterocycles. The van der Waals surface area contributed by atoms with Gasteiger partial charge < -0.3 is 15.5 Å². The zero-order valence-electron chi connectivity index (χ0n) is 13.7. The van der Waals surface area contributed by atoms with Gasteiger partial charge in [0.25, 0.3) is 5.91 Å². The number of pyridine rings is 1. The maximum atomic E-state index is 13.4. The molecule has 0 aliphatic rings. The zero-order chi connectivity index (χ0) is 18.8. The van der Waals surface area contributed by atoms with E-state index >= 15 is 0 Å². The third-order valence-electron chi connectivity index (χ3n) is 3.75. The monoisotopic (exact) mass is 372 g/mol. The maximum absolute atomic E-state index is 13.4. The van der Waals surface area contributed by atoms with E-state index < -0.39 is 11.7 Å². The summed E-state index contributed by atoms with van der Waals surface area (Å²) in [6.07, 6.45) is 1.47. The molecule has 3 aromatic rings. The number of hydrogen-bond donors (Lipinski definition) is 2. The van der Waals surface area contributed by atoms with E-state index in [9.17, 15) is 14.0 Å². The molecule has 7 heteroatoms. The first-order chi connectivity index (χ1) is 12.3. The number of hydrogen-bond acceptors (Lipinski definition) is 3. The van der Waals surface area contributed by atoms with Gasteiger partial charge in [-0.15, -0.1) is 0 Å².